The number of benzene rings is 1. The summed E-state index contributed by atoms with van der Waals surface area (Å²) in [6.45, 7) is 1.40. The highest BCUT2D eigenvalue weighted by Gasteiger charge is 2.21. The van der Waals surface area contributed by atoms with E-state index in [1.54, 1.807) is 5.38 Å². The fourth-order valence-electron chi connectivity index (χ4n) is 1.99. The summed E-state index contributed by atoms with van der Waals surface area (Å²) >= 11 is 1.10. The Bertz CT molecular complexity index is 940. The van der Waals surface area contributed by atoms with Gasteiger partial charge in [0.15, 0.2) is 22.9 Å². The lowest BCUT2D eigenvalue weighted by molar-refractivity contribution is -0.123. The van der Waals surface area contributed by atoms with Crippen LogP contribution >= 0.6 is 11.3 Å². The van der Waals surface area contributed by atoms with Crippen molar-refractivity contribution in [2.24, 2.45) is 0 Å². The molecule has 0 radical (unpaired) electrons. The van der Waals surface area contributed by atoms with Gasteiger partial charge in [-0.3, -0.25) is 10.1 Å². The fourth-order valence-corrected chi connectivity index (χ4v) is 2.72. The molecule has 3 aromatic rings. The van der Waals surface area contributed by atoms with E-state index in [0.717, 1.165) is 23.5 Å². The number of anilines is 1. The molecule has 0 aliphatic heterocycles. The molecule has 26 heavy (non-hydrogen) atoms. The van der Waals surface area contributed by atoms with Crippen molar-refractivity contribution in [3.05, 3.63) is 59.4 Å². The first-order valence-corrected chi connectivity index (χ1v) is 8.28. The van der Waals surface area contributed by atoms with Crippen LogP contribution in [0.5, 0.6) is 0 Å². The topological polar surface area (TPSA) is 81.4 Å². The Morgan fingerprint density at radius 1 is 1.27 bits per heavy atom. The molecule has 0 saturated carbocycles. The van der Waals surface area contributed by atoms with Crippen LogP contribution < -0.4 is 5.32 Å². The minimum atomic E-state index is -1.08. The van der Waals surface area contributed by atoms with Crippen LogP contribution in [0.15, 0.2) is 46.4 Å². The standard InChI is InChI=1S/C17H12F2N2O4S/c1-9(25-16(23)14-3-2-6-24-14)15(22)21-17-20-13(8-26-17)10-4-5-11(18)12(19)7-10/h2-9H,1H3,(H,20,21,22)/t9-/m0/s1. The smallest absolute Gasteiger partial charge is 0.374 e. The number of carbonyl (C=O) groups is 2. The number of aromatic nitrogens is 1. The monoisotopic (exact) mass is 378 g/mol. The van der Waals surface area contributed by atoms with E-state index in [0.29, 0.717) is 11.3 Å². The summed E-state index contributed by atoms with van der Waals surface area (Å²) < 4.78 is 36.2. The van der Waals surface area contributed by atoms with Gasteiger partial charge >= 0.3 is 5.97 Å². The van der Waals surface area contributed by atoms with Gasteiger partial charge in [-0.2, -0.15) is 0 Å². The second-order valence-electron chi connectivity index (χ2n) is 5.18. The van der Waals surface area contributed by atoms with Crippen molar-refractivity contribution >= 4 is 28.3 Å². The van der Waals surface area contributed by atoms with E-state index in [4.69, 9.17) is 9.15 Å². The third-order valence-electron chi connectivity index (χ3n) is 3.33. The summed E-state index contributed by atoms with van der Waals surface area (Å²) in [5.41, 5.74) is 0.752. The predicted octanol–water partition coefficient (Wildman–Crippen LogP) is 3.87. The Morgan fingerprint density at radius 2 is 2.08 bits per heavy atom. The maximum Gasteiger partial charge on any atom is 0.374 e. The third kappa shape index (κ3) is 3.94. The number of carbonyl (C=O) groups excluding carboxylic acids is 2. The molecular weight excluding hydrogens is 366 g/mol. The van der Waals surface area contributed by atoms with Crippen molar-refractivity contribution in [3.8, 4) is 11.3 Å². The van der Waals surface area contributed by atoms with Crippen LogP contribution in [-0.2, 0) is 9.53 Å². The van der Waals surface area contributed by atoms with Gasteiger partial charge in [0.05, 0.1) is 12.0 Å². The maximum absolute atomic E-state index is 13.3. The molecule has 0 saturated heterocycles. The molecule has 0 fully saturated rings. The van der Waals surface area contributed by atoms with E-state index < -0.39 is 29.6 Å². The van der Waals surface area contributed by atoms with E-state index in [2.05, 4.69) is 10.3 Å². The van der Waals surface area contributed by atoms with Crippen molar-refractivity contribution in [2.45, 2.75) is 13.0 Å². The van der Waals surface area contributed by atoms with Crippen molar-refractivity contribution in [1.29, 1.82) is 0 Å². The van der Waals surface area contributed by atoms with Gasteiger partial charge < -0.3 is 9.15 Å². The summed E-state index contributed by atoms with van der Waals surface area (Å²) in [5.74, 6) is -3.31. The van der Waals surface area contributed by atoms with Crippen LogP contribution in [0.1, 0.15) is 17.5 Å². The molecule has 2 heterocycles. The number of rotatable bonds is 5. The number of nitrogens with zero attached hydrogens (tertiary/aromatic N) is 1. The SMILES string of the molecule is C[C@H](OC(=O)c1ccco1)C(=O)Nc1nc(-c2ccc(F)c(F)c2)cs1. The number of halogens is 2. The first-order chi connectivity index (χ1) is 12.4. The lowest BCUT2D eigenvalue weighted by Gasteiger charge is -2.11. The van der Waals surface area contributed by atoms with Gasteiger partial charge in [-0.15, -0.1) is 11.3 Å². The molecule has 2 aromatic heterocycles. The van der Waals surface area contributed by atoms with E-state index in [1.165, 1.54) is 31.4 Å². The van der Waals surface area contributed by atoms with Crippen molar-refractivity contribution in [1.82, 2.24) is 4.98 Å². The molecule has 1 amide bonds. The normalized spacial score (nSPS) is 11.8. The van der Waals surface area contributed by atoms with Crippen LogP contribution in [0.3, 0.4) is 0 Å². The van der Waals surface area contributed by atoms with Gasteiger partial charge in [-0.25, -0.2) is 18.6 Å². The van der Waals surface area contributed by atoms with E-state index in [-0.39, 0.29) is 10.9 Å². The molecule has 0 aliphatic carbocycles. The molecule has 0 aliphatic rings. The van der Waals surface area contributed by atoms with Crippen LogP contribution in [0.25, 0.3) is 11.3 Å². The fraction of sp³-hybridized carbons (Fsp3) is 0.118. The molecule has 0 bridgehead atoms. The Morgan fingerprint density at radius 3 is 2.77 bits per heavy atom. The Balaban J connectivity index is 1.63. The highest BCUT2D eigenvalue weighted by molar-refractivity contribution is 7.14. The molecule has 6 nitrogen and oxygen atoms in total. The highest BCUT2D eigenvalue weighted by atomic mass is 32.1. The number of hydrogen-bond donors (Lipinski definition) is 1. The minimum absolute atomic E-state index is 0.0143. The lowest BCUT2D eigenvalue weighted by Crippen LogP contribution is -2.29. The molecule has 0 unspecified atom stereocenters. The summed E-state index contributed by atoms with van der Waals surface area (Å²) in [6.07, 6.45) is 0.236. The predicted molar refractivity (Wildman–Crippen MR) is 89.7 cm³/mol. The summed E-state index contributed by atoms with van der Waals surface area (Å²) in [7, 11) is 0. The molecule has 9 heteroatoms. The molecule has 3 rings (SSSR count). The zero-order valence-corrected chi connectivity index (χ0v) is 14.2. The highest BCUT2D eigenvalue weighted by Crippen LogP contribution is 2.26. The number of furan rings is 1. The number of thiazole rings is 1. The van der Waals surface area contributed by atoms with E-state index in [1.807, 2.05) is 0 Å². The molecule has 134 valence electrons. The zero-order chi connectivity index (χ0) is 18.7. The molecule has 1 atom stereocenters. The first-order valence-electron chi connectivity index (χ1n) is 7.40. The number of amides is 1. The van der Waals surface area contributed by atoms with Gasteiger partial charge in [0.1, 0.15) is 0 Å². The van der Waals surface area contributed by atoms with Gasteiger partial charge in [-0.05, 0) is 37.3 Å². The van der Waals surface area contributed by atoms with Crippen LogP contribution in [-0.4, -0.2) is 23.0 Å². The van der Waals surface area contributed by atoms with E-state index >= 15 is 0 Å². The largest absolute Gasteiger partial charge is 0.457 e. The van der Waals surface area contributed by atoms with E-state index in [9.17, 15) is 18.4 Å². The molecule has 0 spiro atoms. The van der Waals surface area contributed by atoms with Crippen molar-refractivity contribution in [3.63, 3.8) is 0 Å². The zero-order valence-electron chi connectivity index (χ0n) is 13.4. The summed E-state index contributed by atoms with van der Waals surface area (Å²) in [4.78, 5) is 28.0. The van der Waals surface area contributed by atoms with Gasteiger partial charge in [0, 0.05) is 10.9 Å². The quantitative estimate of drug-likeness (QED) is 0.682. The Kier molecular flexibility index (Phi) is 5.08. The first kappa shape index (κ1) is 17.7. The minimum Gasteiger partial charge on any atom is -0.457 e. The molecule has 1 aromatic carbocycles. The van der Waals surface area contributed by atoms with Gasteiger partial charge in [-0.1, -0.05) is 0 Å². The van der Waals surface area contributed by atoms with Crippen LogP contribution in [0, 0.1) is 11.6 Å². The number of esters is 1. The van der Waals surface area contributed by atoms with Crippen molar-refractivity contribution in [2.75, 3.05) is 5.32 Å². The lowest BCUT2D eigenvalue weighted by atomic mass is 10.2. The number of ether oxygens (including phenoxy) is 1. The average molecular weight is 378 g/mol. The number of nitrogens with one attached hydrogen (secondary N) is 1. The third-order valence-corrected chi connectivity index (χ3v) is 4.08. The number of hydrogen-bond acceptors (Lipinski definition) is 6. The van der Waals surface area contributed by atoms with Gasteiger partial charge in [0.2, 0.25) is 5.76 Å². The Labute approximate surface area is 150 Å². The Hall–Kier alpha value is -3.07. The van der Waals surface area contributed by atoms with Crippen LogP contribution in [0.2, 0.25) is 0 Å². The van der Waals surface area contributed by atoms with Gasteiger partial charge in [0.25, 0.3) is 5.91 Å². The average Bonchev–Trinajstić information content (AvgIpc) is 3.29. The molecular formula is C17H12F2N2O4S. The molecule has 1 N–H and O–H groups in total. The summed E-state index contributed by atoms with van der Waals surface area (Å²) in [6, 6.07) is 6.34. The van der Waals surface area contributed by atoms with Crippen molar-refractivity contribution < 1.29 is 27.5 Å². The second-order valence-corrected chi connectivity index (χ2v) is 6.04. The van der Waals surface area contributed by atoms with Crippen LogP contribution in [0.4, 0.5) is 13.9 Å². The summed E-state index contributed by atoms with van der Waals surface area (Å²) in [5, 5.41) is 4.32. The maximum atomic E-state index is 13.3. The second kappa shape index (κ2) is 7.44.